The van der Waals surface area contributed by atoms with Gasteiger partial charge in [-0.25, -0.2) is 4.98 Å². The van der Waals surface area contributed by atoms with E-state index in [1.807, 2.05) is 12.4 Å². The summed E-state index contributed by atoms with van der Waals surface area (Å²) in [6, 6.07) is 0. The summed E-state index contributed by atoms with van der Waals surface area (Å²) in [4.78, 5) is 4.22. The van der Waals surface area contributed by atoms with Crippen molar-refractivity contribution in [3.05, 3.63) is 16.6 Å². The lowest BCUT2D eigenvalue weighted by Gasteiger charge is -2.02. The van der Waals surface area contributed by atoms with Crippen LogP contribution in [0.2, 0.25) is 0 Å². The molecule has 0 aromatic carbocycles. The molecule has 17 heavy (non-hydrogen) atoms. The van der Waals surface area contributed by atoms with Crippen molar-refractivity contribution in [1.82, 2.24) is 4.98 Å². The number of unbranched alkanes of at least 4 members (excludes halogenated alkanes) is 4. The SMILES string of the molecule is CC#CCCCCCCOCCc1cscn1. The van der Waals surface area contributed by atoms with E-state index in [1.165, 1.54) is 19.3 Å². The first-order chi connectivity index (χ1) is 8.43. The average Bonchev–Trinajstić information content (AvgIpc) is 2.85. The predicted octanol–water partition coefficient (Wildman–Crippen LogP) is 3.68. The Morgan fingerprint density at radius 3 is 2.88 bits per heavy atom. The Kier molecular flexibility index (Phi) is 8.62. The minimum Gasteiger partial charge on any atom is -0.381 e. The summed E-state index contributed by atoms with van der Waals surface area (Å²) in [5.41, 5.74) is 3.02. The lowest BCUT2D eigenvalue weighted by molar-refractivity contribution is 0.132. The van der Waals surface area contributed by atoms with E-state index in [0.29, 0.717) is 0 Å². The fourth-order valence-corrected chi connectivity index (χ4v) is 2.13. The van der Waals surface area contributed by atoms with Crippen LogP contribution in [0.25, 0.3) is 0 Å². The fourth-order valence-electron chi connectivity index (χ4n) is 1.54. The average molecular weight is 251 g/mol. The van der Waals surface area contributed by atoms with E-state index in [-0.39, 0.29) is 0 Å². The monoisotopic (exact) mass is 251 g/mol. The predicted molar refractivity (Wildman–Crippen MR) is 73.2 cm³/mol. The Labute approximate surface area is 108 Å². The van der Waals surface area contributed by atoms with Crippen LogP contribution in [0.1, 0.15) is 44.7 Å². The minimum absolute atomic E-state index is 0.797. The molecule has 1 heterocycles. The molecule has 0 saturated heterocycles. The molecule has 0 atom stereocenters. The molecular weight excluding hydrogens is 230 g/mol. The molecule has 0 unspecified atom stereocenters. The van der Waals surface area contributed by atoms with Gasteiger partial charge in [0.1, 0.15) is 0 Å². The topological polar surface area (TPSA) is 22.1 Å². The van der Waals surface area contributed by atoms with Crippen LogP contribution in [0.5, 0.6) is 0 Å². The number of nitrogens with zero attached hydrogens (tertiary/aromatic N) is 1. The molecule has 94 valence electrons. The molecule has 1 rings (SSSR count). The Balaban J connectivity index is 1.79. The first-order valence-corrected chi connectivity index (χ1v) is 7.22. The van der Waals surface area contributed by atoms with E-state index in [1.54, 1.807) is 11.3 Å². The second-order valence-electron chi connectivity index (χ2n) is 3.93. The van der Waals surface area contributed by atoms with Crippen molar-refractivity contribution >= 4 is 11.3 Å². The van der Waals surface area contributed by atoms with Crippen molar-refractivity contribution in [1.29, 1.82) is 0 Å². The maximum atomic E-state index is 5.57. The normalized spacial score (nSPS) is 9.94. The highest BCUT2D eigenvalue weighted by atomic mass is 32.1. The lowest BCUT2D eigenvalue weighted by atomic mass is 10.1. The highest BCUT2D eigenvalue weighted by molar-refractivity contribution is 7.07. The summed E-state index contributed by atoms with van der Waals surface area (Å²) in [6.07, 6.45) is 6.89. The van der Waals surface area contributed by atoms with Gasteiger partial charge in [-0.15, -0.1) is 23.2 Å². The molecule has 0 radical (unpaired) electrons. The van der Waals surface area contributed by atoms with E-state index in [2.05, 4.69) is 22.2 Å². The molecule has 0 saturated carbocycles. The lowest BCUT2D eigenvalue weighted by Crippen LogP contribution is -2.00. The molecule has 0 aliphatic carbocycles. The molecule has 0 aliphatic rings. The van der Waals surface area contributed by atoms with E-state index >= 15 is 0 Å². The summed E-state index contributed by atoms with van der Waals surface area (Å²) in [5.74, 6) is 6.01. The molecule has 0 fully saturated rings. The number of rotatable bonds is 9. The van der Waals surface area contributed by atoms with E-state index in [4.69, 9.17) is 4.74 Å². The van der Waals surface area contributed by atoms with Gasteiger partial charge in [-0.3, -0.25) is 0 Å². The molecule has 0 spiro atoms. The van der Waals surface area contributed by atoms with E-state index in [9.17, 15) is 0 Å². The first kappa shape index (κ1) is 14.2. The van der Waals surface area contributed by atoms with Crippen molar-refractivity contribution in [3.63, 3.8) is 0 Å². The smallest absolute Gasteiger partial charge is 0.0794 e. The number of thiazole rings is 1. The maximum Gasteiger partial charge on any atom is 0.0794 e. The van der Waals surface area contributed by atoms with Gasteiger partial charge in [0.2, 0.25) is 0 Å². The molecule has 0 bridgehead atoms. The van der Waals surface area contributed by atoms with Gasteiger partial charge in [-0.2, -0.15) is 0 Å². The van der Waals surface area contributed by atoms with Crippen LogP contribution >= 0.6 is 11.3 Å². The molecule has 0 amide bonds. The van der Waals surface area contributed by atoms with Crippen molar-refractivity contribution in [3.8, 4) is 11.8 Å². The quantitative estimate of drug-likeness (QED) is 0.493. The van der Waals surface area contributed by atoms with Crippen molar-refractivity contribution in [2.75, 3.05) is 13.2 Å². The number of hydrogen-bond acceptors (Lipinski definition) is 3. The third-order valence-corrected chi connectivity index (χ3v) is 3.14. The van der Waals surface area contributed by atoms with Gasteiger partial charge in [0.15, 0.2) is 0 Å². The Morgan fingerprint density at radius 2 is 2.12 bits per heavy atom. The van der Waals surface area contributed by atoms with Gasteiger partial charge in [-0.05, 0) is 19.8 Å². The summed E-state index contributed by atoms with van der Waals surface area (Å²) < 4.78 is 5.57. The van der Waals surface area contributed by atoms with Gasteiger partial charge in [0, 0.05) is 24.8 Å². The molecule has 0 N–H and O–H groups in total. The molecule has 3 heteroatoms. The Hall–Kier alpha value is -0.850. The van der Waals surface area contributed by atoms with Gasteiger partial charge >= 0.3 is 0 Å². The van der Waals surface area contributed by atoms with E-state index < -0.39 is 0 Å². The highest BCUT2D eigenvalue weighted by Gasteiger charge is 1.95. The van der Waals surface area contributed by atoms with Gasteiger partial charge < -0.3 is 4.74 Å². The van der Waals surface area contributed by atoms with Gasteiger partial charge in [0.25, 0.3) is 0 Å². The Bertz CT molecular complexity index is 324. The van der Waals surface area contributed by atoms with Crippen LogP contribution in [-0.2, 0) is 11.2 Å². The first-order valence-electron chi connectivity index (χ1n) is 6.28. The van der Waals surface area contributed by atoms with Crippen LogP contribution in [0.3, 0.4) is 0 Å². The third kappa shape index (κ3) is 7.95. The van der Waals surface area contributed by atoms with Crippen LogP contribution in [0, 0.1) is 11.8 Å². The zero-order valence-corrected chi connectivity index (χ0v) is 11.4. The summed E-state index contributed by atoms with van der Waals surface area (Å²) in [6.45, 7) is 3.57. The van der Waals surface area contributed by atoms with Crippen molar-refractivity contribution in [2.45, 2.75) is 45.4 Å². The third-order valence-electron chi connectivity index (χ3n) is 2.50. The number of ether oxygens (including phenoxy) is 1. The largest absolute Gasteiger partial charge is 0.381 e. The highest BCUT2D eigenvalue weighted by Crippen LogP contribution is 2.04. The molecule has 2 nitrogen and oxygen atoms in total. The minimum atomic E-state index is 0.797. The van der Waals surface area contributed by atoms with E-state index in [0.717, 1.165) is 38.2 Å². The molecular formula is C14H21NOS. The fraction of sp³-hybridized carbons (Fsp3) is 0.643. The van der Waals surface area contributed by atoms with Crippen LogP contribution in [0.15, 0.2) is 10.9 Å². The number of hydrogen-bond donors (Lipinski definition) is 0. The van der Waals surface area contributed by atoms with Gasteiger partial charge in [-0.1, -0.05) is 12.8 Å². The molecule has 0 aliphatic heterocycles. The molecule has 1 aromatic heterocycles. The van der Waals surface area contributed by atoms with Crippen LogP contribution in [0.4, 0.5) is 0 Å². The van der Waals surface area contributed by atoms with Crippen LogP contribution in [-0.4, -0.2) is 18.2 Å². The molecule has 1 aromatic rings. The second-order valence-corrected chi connectivity index (χ2v) is 4.65. The van der Waals surface area contributed by atoms with Gasteiger partial charge in [0.05, 0.1) is 17.8 Å². The zero-order chi connectivity index (χ0) is 12.2. The maximum absolute atomic E-state index is 5.57. The summed E-state index contributed by atoms with van der Waals surface area (Å²) in [5, 5.41) is 2.08. The van der Waals surface area contributed by atoms with Crippen molar-refractivity contribution < 1.29 is 4.74 Å². The summed E-state index contributed by atoms with van der Waals surface area (Å²) in [7, 11) is 0. The van der Waals surface area contributed by atoms with Crippen molar-refractivity contribution in [2.24, 2.45) is 0 Å². The van der Waals surface area contributed by atoms with Crippen LogP contribution < -0.4 is 0 Å². The second kappa shape index (κ2) is 10.3. The Morgan fingerprint density at radius 1 is 1.24 bits per heavy atom. The number of aromatic nitrogens is 1. The standard InChI is InChI=1S/C14H21NOS/c1-2-3-4-5-6-7-8-10-16-11-9-14-12-17-13-15-14/h12-13H,4-11H2,1H3. The summed E-state index contributed by atoms with van der Waals surface area (Å²) >= 11 is 1.64. The zero-order valence-electron chi connectivity index (χ0n) is 10.6.